The Morgan fingerprint density at radius 1 is 0.667 bits per heavy atom. The molecule has 5 aromatic rings. The van der Waals surface area contributed by atoms with Crippen LogP contribution in [0.25, 0.3) is 11.1 Å². The molecule has 0 atom stereocenters. The third-order valence-corrected chi connectivity index (χ3v) is 9.88. The number of aromatic nitrogens is 1. The van der Waals surface area contributed by atoms with E-state index >= 15 is 0 Å². The van der Waals surface area contributed by atoms with Crippen LogP contribution in [-0.4, -0.2) is 4.98 Å². The lowest BCUT2D eigenvalue weighted by molar-refractivity contribution is 0.555. The molecule has 4 aromatic carbocycles. The first-order chi connectivity index (χ1) is 14.8. The monoisotopic (exact) mass is 428 g/mol. The van der Waals surface area contributed by atoms with Crippen LogP contribution in [0, 0.1) is 0 Å². The van der Waals surface area contributed by atoms with Gasteiger partial charge < -0.3 is 4.42 Å². The molecule has 0 spiro atoms. The van der Waals surface area contributed by atoms with Crippen LogP contribution in [0.2, 0.25) is 5.02 Å². The number of oxazole rings is 1. The summed E-state index contributed by atoms with van der Waals surface area (Å²) in [5, 5.41) is 4.59. The Hall–Kier alpha value is -2.93. The SMILES string of the molecule is Clc1ccc2oc(C[P+](c3ccccc3)(c3ccccc3)c3ccccc3)nc2c1. The molecule has 0 fully saturated rings. The second-order valence-corrected chi connectivity index (χ2v) is 11.1. The fraction of sp³-hybridized carbons (Fsp3) is 0.0385. The van der Waals surface area contributed by atoms with Crippen LogP contribution >= 0.6 is 18.9 Å². The minimum Gasteiger partial charge on any atom is -0.437 e. The van der Waals surface area contributed by atoms with Crippen molar-refractivity contribution in [2.24, 2.45) is 0 Å². The smallest absolute Gasteiger partial charge is 0.234 e. The zero-order chi connectivity index (χ0) is 20.4. The zero-order valence-corrected chi connectivity index (χ0v) is 17.9. The lowest BCUT2D eigenvalue weighted by atomic mass is 10.3. The number of nitrogens with zero attached hydrogens (tertiary/aromatic N) is 1. The molecule has 0 amide bonds. The first kappa shape index (κ1) is 19.1. The van der Waals surface area contributed by atoms with Crippen molar-refractivity contribution < 1.29 is 4.42 Å². The number of fused-ring (bicyclic) bond motifs is 1. The molecule has 0 N–H and O–H groups in total. The summed E-state index contributed by atoms with van der Waals surface area (Å²) in [6.07, 6.45) is 0.706. The van der Waals surface area contributed by atoms with Crippen molar-refractivity contribution in [1.82, 2.24) is 4.98 Å². The maximum atomic E-state index is 6.20. The van der Waals surface area contributed by atoms with Crippen LogP contribution in [0.1, 0.15) is 5.89 Å². The van der Waals surface area contributed by atoms with E-state index in [-0.39, 0.29) is 0 Å². The minimum absolute atomic E-state index is 0.664. The molecule has 30 heavy (non-hydrogen) atoms. The summed E-state index contributed by atoms with van der Waals surface area (Å²) in [6, 6.07) is 37.8. The van der Waals surface area contributed by atoms with Gasteiger partial charge >= 0.3 is 0 Å². The number of rotatable bonds is 5. The van der Waals surface area contributed by atoms with Crippen molar-refractivity contribution in [2.75, 3.05) is 0 Å². The van der Waals surface area contributed by atoms with Gasteiger partial charge in [-0.25, -0.2) is 4.98 Å². The third-order valence-electron chi connectivity index (χ3n) is 5.36. The molecule has 0 unspecified atom stereocenters. The highest BCUT2D eigenvalue weighted by atomic mass is 35.5. The van der Waals surface area contributed by atoms with Crippen molar-refractivity contribution in [2.45, 2.75) is 6.16 Å². The number of benzene rings is 4. The van der Waals surface area contributed by atoms with Gasteiger partial charge in [-0.2, -0.15) is 0 Å². The molecule has 0 saturated carbocycles. The van der Waals surface area contributed by atoms with Crippen molar-refractivity contribution in [3.63, 3.8) is 0 Å². The van der Waals surface area contributed by atoms with Gasteiger partial charge in [0.25, 0.3) is 0 Å². The Bertz CT molecular complexity index is 1170. The zero-order valence-electron chi connectivity index (χ0n) is 16.3. The number of hydrogen-bond donors (Lipinski definition) is 0. The van der Waals surface area contributed by atoms with Crippen molar-refractivity contribution in [3.05, 3.63) is 120 Å². The van der Waals surface area contributed by atoms with Crippen LogP contribution in [0.5, 0.6) is 0 Å². The summed E-state index contributed by atoms with van der Waals surface area (Å²) in [5.74, 6) is 0.733. The largest absolute Gasteiger partial charge is 0.437 e. The molecular formula is C26H20ClNOP+. The summed E-state index contributed by atoms with van der Waals surface area (Å²) >= 11 is 6.17. The normalized spacial score (nSPS) is 11.6. The standard InChI is InChI=1S/C26H20ClNOP/c27-20-16-17-25-24(18-20)28-26(29-25)19-30(21-10-4-1-5-11-21,22-12-6-2-7-13-22)23-14-8-3-9-15-23/h1-18H,19H2/q+1. The van der Waals surface area contributed by atoms with E-state index in [4.69, 9.17) is 21.0 Å². The summed E-state index contributed by atoms with van der Waals surface area (Å²) in [6.45, 7) is 0. The van der Waals surface area contributed by atoms with Gasteiger partial charge in [-0.1, -0.05) is 66.2 Å². The summed E-state index contributed by atoms with van der Waals surface area (Å²) in [5.41, 5.74) is 1.56. The van der Waals surface area contributed by atoms with Crippen LogP contribution in [0.4, 0.5) is 0 Å². The molecule has 0 radical (unpaired) electrons. The number of halogens is 1. The maximum absolute atomic E-state index is 6.20. The Labute approximate surface area is 181 Å². The van der Waals surface area contributed by atoms with Gasteiger partial charge in [-0.3, -0.25) is 0 Å². The molecule has 0 aliphatic heterocycles. The maximum Gasteiger partial charge on any atom is 0.234 e. The molecule has 2 nitrogen and oxygen atoms in total. The molecule has 5 rings (SSSR count). The average Bonchev–Trinajstić information content (AvgIpc) is 3.20. The Morgan fingerprint density at radius 2 is 1.17 bits per heavy atom. The Morgan fingerprint density at radius 3 is 1.67 bits per heavy atom. The topological polar surface area (TPSA) is 26.0 Å². The minimum atomic E-state index is -2.03. The van der Waals surface area contributed by atoms with Gasteiger partial charge in [-0.15, -0.1) is 0 Å². The molecule has 0 bridgehead atoms. The fourth-order valence-electron chi connectivity index (χ4n) is 3.99. The summed E-state index contributed by atoms with van der Waals surface area (Å²) in [4.78, 5) is 4.81. The van der Waals surface area contributed by atoms with E-state index in [0.717, 1.165) is 17.0 Å². The highest BCUT2D eigenvalue weighted by molar-refractivity contribution is 7.95. The average molecular weight is 429 g/mol. The van der Waals surface area contributed by atoms with Crippen LogP contribution < -0.4 is 15.9 Å². The summed E-state index contributed by atoms with van der Waals surface area (Å²) in [7, 11) is -2.03. The van der Waals surface area contributed by atoms with Crippen LogP contribution in [0.15, 0.2) is 114 Å². The van der Waals surface area contributed by atoms with E-state index in [1.54, 1.807) is 0 Å². The highest BCUT2D eigenvalue weighted by Crippen LogP contribution is 2.58. The third kappa shape index (κ3) is 3.43. The second-order valence-electron chi connectivity index (χ2n) is 7.19. The lowest BCUT2D eigenvalue weighted by Gasteiger charge is -2.26. The molecule has 0 aliphatic carbocycles. The molecular weight excluding hydrogens is 409 g/mol. The Balaban J connectivity index is 1.76. The molecule has 1 heterocycles. The predicted octanol–water partition coefficient (Wildman–Crippen LogP) is 5.98. The van der Waals surface area contributed by atoms with Gasteiger partial charge in [0.15, 0.2) is 5.58 Å². The van der Waals surface area contributed by atoms with Gasteiger partial charge in [-0.05, 0) is 54.6 Å². The van der Waals surface area contributed by atoms with Crippen LogP contribution in [0.3, 0.4) is 0 Å². The van der Waals surface area contributed by atoms with Gasteiger partial charge in [0.05, 0.1) is 0 Å². The van der Waals surface area contributed by atoms with E-state index in [1.807, 2.05) is 18.2 Å². The molecule has 146 valence electrons. The van der Waals surface area contributed by atoms with Crippen molar-refractivity contribution in [3.8, 4) is 0 Å². The van der Waals surface area contributed by atoms with E-state index in [1.165, 1.54) is 15.9 Å². The highest BCUT2D eigenvalue weighted by Gasteiger charge is 2.46. The first-order valence-electron chi connectivity index (χ1n) is 9.86. The quantitative estimate of drug-likeness (QED) is 0.322. The van der Waals surface area contributed by atoms with Gasteiger partial charge in [0.2, 0.25) is 5.89 Å². The second kappa shape index (κ2) is 8.07. The van der Waals surface area contributed by atoms with E-state index in [9.17, 15) is 0 Å². The summed E-state index contributed by atoms with van der Waals surface area (Å²) < 4.78 is 6.20. The van der Waals surface area contributed by atoms with Gasteiger partial charge in [0.1, 0.15) is 34.9 Å². The predicted molar refractivity (Wildman–Crippen MR) is 128 cm³/mol. The fourth-order valence-corrected chi connectivity index (χ4v) is 8.18. The molecule has 1 aromatic heterocycles. The van der Waals surface area contributed by atoms with E-state index < -0.39 is 7.26 Å². The molecule has 0 saturated heterocycles. The van der Waals surface area contributed by atoms with Gasteiger partial charge in [0, 0.05) is 5.02 Å². The molecule has 0 aliphatic rings. The van der Waals surface area contributed by atoms with E-state index in [2.05, 4.69) is 91.0 Å². The first-order valence-corrected chi connectivity index (χ1v) is 12.2. The van der Waals surface area contributed by atoms with Crippen molar-refractivity contribution >= 4 is 45.9 Å². The lowest BCUT2D eigenvalue weighted by Crippen LogP contribution is -2.32. The molecule has 4 heteroatoms. The Kier molecular flexibility index (Phi) is 5.12. The van der Waals surface area contributed by atoms with E-state index in [0.29, 0.717) is 11.2 Å². The van der Waals surface area contributed by atoms with Crippen molar-refractivity contribution in [1.29, 1.82) is 0 Å². The van der Waals surface area contributed by atoms with Crippen LogP contribution in [-0.2, 0) is 6.16 Å². The number of hydrogen-bond acceptors (Lipinski definition) is 2.